The first-order valence-electron chi connectivity index (χ1n) is 12.0. The molecule has 2 atom stereocenters. The maximum atomic E-state index is 14.3. The predicted molar refractivity (Wildman–Crippen MR) is 137 cm³/mol. The van der Waals surface area contributed by atoms with Crippen LogP contribution in [0.3, 0.4) is 0 Å². The second kappa shape index (κ2) is 9.39. The van der Waals surface area contributed by atoms with Crippen molar-refractivity contribution in [2.24, 2.45) is 5.73 Å². The number of hydrogen-bond acceptors (Lipinski definition) is 4. The van der Waals surface area contributed by atoms with Gasteiger partial charge in [0, 0.05) is 42.6 Å². The number of benzene rings is 2. The number of aryl methyl sites for hydroxylation is 1. The Bertz CT molecular complexity index is 1420. The van der Waals surface area contributed by atoms with Crippen LogP contribution in [0.2, 0.25) is 0 Å². The van der Waals surface area contributed by atoms with Crippen LogP contribution in [0.4, 0.5) is 5.69 Å². The fraction of sp³-hybridized carbons (Fsp3) is 0.214. The van der Waals surface area contributed by atoms with Crippen LogP contribution in [0.25, 0.3) is 5.69 Å². The SMILES string of the molecule is Cc1cc(C(=O)[N+]2(c3ccccc3-n3cccc3)CCC[C@H]2C(N)=O)nn1CC(=O)c1ccccc1. The largest absolute Gasteiger partial charge is 0.372 e. The molecule has 0 aliphatic carbocycles. The molecule has 2 amide bonds. The Labute approximate surface area is 209 Å². The van der Waals surface area contributed by atoms with Crippen LogP contribution in [0.1, 0.15) is 39.4 Å². The van der Waals surface area contributed by atoms with Gasteiger partial charge in [0.15, 0.2) is 23.2 Å². The number of quaternary nitrogens is 1. The summed E-state index contributed by atoms with van der Waals surface area (Å²) in [5, 5.41) is 4.55. The number of nitrogens with zero attached hydrogens (tertiary/aromatic N) is 4. The zero-order chi connectivity index (χ0) is 25.3. The highest BCUT2D eigenvalue weighted by Gasteiger charge is 2.55. The van der Waals surface area contributed by atoms with Gasteiger partial charge in [-0.25, -0.2) is 9.28 Å². The van der Waals surface area contributed by atoms with E-state index in [0.717, 1.165) is 5.69 Å². The first-order valence-corrected chi connectivity index (χ1v) is 12.0. The number of carbonyl (C=O) groups is 3. The Balaban J connectivity index is 1.58. The summed E-state index contributed by atoms with van der Waals surface area (Å²) in [6.45, 7) is 2.26. The van der Waals surface area contributed by atoms with Gasteiger partial charge in [-0.05, 0) is 31.2 Å². The monoisotopic (exact) mass is 482 g/mol. The van der Waals surface area contributed by atoms with Crippen LogP contribution in [0, 0.1) is 6.92 Å². The van der Waals surface area contributed by atoms with Crippen LogP contribution in [0.5, 0.6) is 0 Å². The van der Waals surface area contributed by atoms with Gasteiger partial charge in [0.1, 0.15) is 12.2 Å². The van der Waals surface area contributed by atoms with Gasteiger partial charge >= 0.3 is 5.91 Å². The molecule has 8 heteroatoms. The Hall–Kier alpha value is -4.30. The summed E-state index contributed by atoms with van der Waals surface area (Å²) < 4.78 is 3.25. The van der Waals surface area contributed by atoms with E-state index in [1.165, 1.54) is 0 Å². The molecule has 0 saturated carbocycles. The quantitative estimate of drug-likeness (QED) is 0.321. The van der Waals surface area contributed by atoms with Gasteiger partial charge in [-0.1, -0.05) is 42.5 Å². The van der Waals surface area contributed by atoms with Crippen molar-refractivity contribution in [3.8, 4) is 5.69 Å². The van der Waals surface area contributed by atoms with Gasteiger partial charge in [-0.3, -0.25) is 14.3 Å². The lowest BCUT2D eigenvalue weighted by molar-refractivity contribution is -0.121. The molecule has 1 fully saturated rings. The van der Waals surface area contributed by atoms with Crippen molar-refractivity contribution in [1.82, 2.24) is 18.8 Å². The Kier molecular flexibility index (Phi) is 6.12. The van der Waals surface area contributed by atoms with Gasteiger partial charge in [-0.2, -0.15) is 5.10 Å². The van der Waals surface area contributed by atoms with E-state index in [0.29, 0.717) is 36.3 Å². The van der Waals surface area contributed by atoms with Crippen molar-refractivity contribution < 1.29 is 14.4 Å². The molecule has 4 aromatic rings. The lowest BCUT2D eigenvalue weighted by Gasteiger charge is -2.36. The average molecular weight is 483 g/mol. The van der Waals surface area contributed by atoms with Crippen LogP contribution in [-0.2, 0) is 11.3 Å². The summed E-state index contributed by atoms with van der Waals surface area (Å²) in [5.74, 6) is -0.915. The fourth-order valence-electron chi connectivity index (χ4n) is 5.26. The molecule has 0 spiro atoms. The standard InChI is InChI=1S/C28H27N5O3/c1-20-18-22(30-32(20)19-26(34)21-10-3-2-4-11-21)28(36)33(17-9-14-25(33)27(29)35)24-13-6-5-12-23(24)31-15-7-8-16-31/h2-8,10-13,15-16,18,25H,9,14,17,19H2,1H3,(H-,29,35)/p+1/t25-,33?/m0/s1. The first-order chi connectivity index (χ1) is 17.4. The zero-order valence-electron chi connectivity index (χ0n) is 20.1. The number of nitrogens with two attached hydrogens (primary N) is 1. The van der Waals surface area contributed by atoms with E-state index in [1.54, 1.807) is 22.9 Å². The fourth-order valence-corrected chi connectivity index (χ4v) is 5.26. The summed E-state index contributed by atoms with van der Waals surface area (Å²) in [5.41, 5.74) is 8.87. The number of ketones is 1. The molecule has 1 aliphatic rings. The minimum absolute atomic E-state index is 0.0162. The van der Waals surface area contributed by atoms with Crippen molar-refractivity contribution in [1.29, 1.82) is 0 Å². The second-order valence-corrected chi connectivity index (χ2v) is 9.15. The summed E-state index contributed by atoms with van der Waals surface area (Å²) >= 11 is 0. The van der Waals surface area contributed by atoms with E-state index in [2.05, 4.69) is 5.10 Å². The molecule has 0 radical (unpaired) electrons. The molecule has 8 nitrogen and oxygen atoms in total. The highest BCUT2D eigenvalue weighted by atomic mass is 16.2. The van der Waals surface area contributed by atoms with E-state index >= 15 is 0 Å². The van der Waals surface area contributed by atoms with Crippen molar-refractivity contribution in [2.75, 3.05) is 6.54 Å². The van der Waals surface area contributed by atoms with Crippen molar-refractivity contribution >= 4 is 23.3 Å². The zero-order valence-corrected chi connectivity index (χ0v) is 20.1. The number of hydrogen-bond donors (Lipinski definition) is 1. The van der Waals surface area contributed by atoms with Crippen LogP contribution >= 0.6 is 0 Å². The first kappa shape index (κ1) is 23.4. The molecule has 0 bridgehead atoms. The normalized spacial score (nSPS) is 19.3. The predicted octanol–water partition coefficient (Wildman–Crippen LogP) is 3.66. The molecule has 1 unspecified atom stereocenters. The third kappa shape index (κ3) is 3.95. The van der Waals surface area contributed by atoms with Gasteiger partial charge in [0.25, 0.3) is 5.91 Å². The minimum Gasteiger partial charge on any atom is -0.364 e. The Morgan fingerprint density at radius 2 is 1.69 bits per heavy atom. The van der Waals surface area contributed by atoms with Crippen LogP contribution in [-0.4, -0.2) is 44.5 Å². The molecule has 3 heterocycles. The minimum atomic E-state index is -0.717. The number of likely N-dealkylation sites (tertiary alicyclic amines) is 1. The maximum absolute atomic E-state index is 14.3. The molecule has 1 aliphatic heterocycles. The summed E-state index contributed by atoms with van der Waals surface area (Å²) in [4.78, 5) is 39.8. The molecule has 2 aromatic heterocycles. The number of amides is 2. The van der Waals surface area contributed by atoms with Gasteiger partial charge < -0.3 is 10.3 Å². The third-order valence-corrected chi connectivity index (χ3v) is 6.99. The number of primary amides is 1. The van der Waals surface area contributed by atoms with E-state index in [9.17, 15) is 14.4 Å². The van der Waals surface area contributed by atoms with Gasteiger partial charge in [0.05, 0.1) is 6.54 Å². The molecule has 2 N–H and O–H groups in total. The lowest BCUT2D eigenvalue weighted by Crippen LogP contribution is -2.62. The number of carbonyl (C=O) groups excluding carboxylic acids is 3. The lowest BCUT2D eigenvalue weighted by atomic mass is 10.1. The maximum Gasteiger partial charge on any atom is 0.372 e. The van der Waals surface area contributed by atoms with Crippen molar-refractivity contribution in [3.63, 3.8) is 0 Å². The van der Waals surface area contributed by atoms with E-state index < -0.39 is 11.9 Å². The highest BCUT2D eigenvalue weighted by molar-refractivity contribution is 6.06. The molecule has 182 valence electrons. The number of rotatable bonds is 7. The molecular formula is C28H28N5O3+. The number of para-hydroxylation sites is 2. The number of aromatic nitrogens is 3. The van der Waals surface area contributed by atoms with E-state index in [-0.39, 0.29) is 28.4 Å². The third-order valence-electron chi connectivity index (χ3n) is 6.99. The van der Waals surface area contributed by atoms with Gasteiger partial charge in [-0.15, -0.1) is 0 Å². The molecule has 2 aromatic carbocycles. The average Bonchev–Trinajstić information content (AvgIpc) is 3.65. The molecular weight excluding hydrogens is 454 g/mol. The van der Waals surface area contributed by atoms with Crippen LogP contribution < -0.4 is 10.2 Å². The van der Waals surface area contributed by atoms with Crippen molar-refractivity contribution in [2.45, 2.75) is 32.4 Å². The summed E-state index contributed by atoms with van der Waals surface area (Å²) in [7, 11) is 0. The van der Waals surface area contributed by atoms with E-state index in [1.807, 2.05) is 78.5 Å². The highest BCUT2D eigenvalue weighted by Crippen LogP contribution is 2.40. The summed E-state index contributed by atoms with van der Waals surface area (Å²) in [6.07, 6.45) is 4.99. The Morgan fingerprint density at radius 3 is 2.42 bits per heavy atom. The number of Topliss-reactive ketones (excluding diaryl/α,β-unsaturated/α-hetero) is 1. The smallest absolute Gasteiger partial charge is 0.364 e. The second-order valence-electron chi connectivity index (χ2n) is 9.15. The molecule has 36 heavy (non-hydrogen) atoms. The topological polar surface area (TPSA) is 100.0 Å². The molecule has 1 saturated heterocycles. The van der Waals surface area contributed by atoms with Gasteiger partial charge in [0.2, 0.25) is 0 Å². The summed E-state index contributed by atoms with van der Waals surface area (Å²) in [6, 6.07) is 21.4. The molecule has 5 rings (SSSR count). The Morgan fingerprint density at radius 1 is 1.00 bits per heavy atom. The van der Waals surface area contributed by atoms with Crippen molar-refractivity contribution in [3.05, 3.63) is 102 Å². The van der Waals surface area contributed by atoms with Crippen LogP contribution in [0.15, 0.2) is 85.2 Å². The van der Waals surface area contributed by atoms with E-state index in [4.69, 9.17) is 5.73 Å².